The third kappa shape index (κ3) is 4.73. The van der Waals surface area contributed by atoms with Crippen LogP contribution in [0, 0.1) is 6.92 Å². The van der Waals surface area contributed by atoms with Gasteiger partial charge in [-0.3, -0.25) is 0 Å². The van der Waals surface area contributed by atoms with Crippen LogP contribution in [0.2, 0.25) is 0 Å². The van der Waals surface area contributed by atoms with E-state index in [4.69, 9.17) is 4.74 Å². The minimum Gasteiger partial charge on any atom is -0.463 e. The average Bonchev–Trinajstić information content (AvgIpc) is 2.72. The molecule has 0 saturated heterocycles. The Hall–Kier alpha value is -2.88. The lowest BCUT2D eigenvalue weighted by Gasteiger charge is -2.42. The van der Waals surface area contributed by atoms with Gasteiger partial charge in [-0.15, -0.1) is 0 Å². The quantitative estimate of drug-likeness (QED) is 0.208. The zero-order valence-electron chi connectivity index (χ0n) is 19.5. The summed E-state index contributed by atoms with van der Waals surface area (Å²) in [6.07, 6.45) is 5.39. The Bertz CT molecular complexity index is 1040. The number of carbonyl (C=O) groups is 1. The molecular formula is C27H33NO3. The van der Waals surface area contributed by atoms with Gasteiger partial charge in [-0.05, 0) is 78.0 Å². The van der Waals surface area contributed by atoms with Gasteiger partial charge in [-0.1, -0.05) is 57.1 Å². The van der Waals surface area contributed by atoms with Gasteiger partial charge < -0.3 is 9.94 Å². The molecule has 1 N–H and O–H groups in total. The first-order chi connectivity index (χ1) is 14.6. The molecule has 0 heterocycles. The lowest BCUT2D eigenvalue weighted by Crippen LogP contribution is -2.34. The molecule has 3 rings (SSSR count). The third-order valence-electron chi connectivity index (χ3n) is 6.41. The van der Waals surface area contributed by atoms with E-state index in [1.54, 1.807) is 13.0 Å². The number of esters is 1. The molecule has 0 radical (unpaired) electrons. The standard InChI is InChI=1S/C27H33NO3/c1-7-31-24(29)12-11-19-9-8-10-20(16-19)25(28-30)21-17-23-22(15-18(21)2)26(3,4)13-14-27(23,5)6/h8-12,15-17,30H,7,13-14H2,1-6H3/b12-11+,28-25-. The van der Waals surface area contributed by atoms with Gasteiger partial charge in [0, 0.05) is 17.2 Å². The Morgan fingerprint density at radius 1 is 1.10 bits per heavy atom. The Labute approximate surface area is 185 Å². The second-order valence-electron chi connectivity index (χ2n) is 9.64. The fourth-order valence-electron chi connectivity index (χ4n) is 4.39. The Kier molecular flexibility index (Phi) is 6.40. The minimum absolute atomic E-state index is 0.0676. The summed E-state index contributed by atoms with van der Waals surface area (Å²) in [5.41, 5.74) is 7.08. The van der Waals surface area contributed by atoms with Crippen LogP contribution in [-0.2, 0) is 20.4 Å². The van der Waals surface area contributed by atoms with Crippen molar-refractivity contribution in [2.75, 3.05) is 6.61 Å². The summed E-state index contributed by atoms with van der Waals surface area (Å²) in [6, 6.07) is 12.1. The number of hydrogen-bond acceptors (Lipinski definition) is 4. The molecule has 2 aromatic carbocycles. The van der Waals surface area contributed by atoms with E-state index in [-0.39, 0.29) is 16.8 Å². The van der Waals surface area contributed by atoms with Crippen molar-refractivity contribution in [1.82, 2.24) is 0 Å². The average molecular weight is 420 g/mol. The first-order valence-corrected chi connectivity index (χ1v) is 10.9. The lowest BCUT2D eigenvalue weighted by molar-refractivity contribution is -0.137. The molecule has 1 aliphatic rings. The summed E-state index contributed by atoms with van der Waals surface area (Å²) in [6.45, 7) is 13.4. The van der Waals surface area contributed by atoms with Crippen molar-refractivity contribution in [3.63, 3.8) is 0 Å². The molecular weight excluding hydrogens is 386 g/mol. The number of aryl methyl sites for hydroxylation is 1. The van der Waals surface area contributed by atoms with Gasteiger partial charge in [-0.2, -0.15) is 0 Å². The van der Waals surface area contributed by atoms with Crippen LogP contribution in [0.1, 0.15) is 80.8 Å². The first-order valence-electron chi connectivity index (χ1n) is 10.9. The number of benzene rings is 2. The van der Waals surface area contributed by atoms with E-state index < -0.39 is 0 Å². The van der Waals surface area contributed by atoms with E-state index in [9.17, 15) is 10.0 Å². The number of ether oxygens (including phenoxy) is 1. The van der Waals surface area contributed by atoms with Crippen molar-refractivity contribution >= 4 is 17.8 Å². The fraction of sp³-hybridized carbons (Fsp3) is 0.407. The molecule has 164 valence electrons. The molecule has 0 atom stereocenters. The van der Waals surface area contributed by atoms with Crippen LogP contribution in [0.3, 0.4) is 0 Å². The van der Waals surface area contributed by atoms with E-state index in [0.717, 1.165) is 35.1 Å². The predicted octanol–water partition coefficient (Wildman–Crippen LogP) is 6.15. The first kappa shape index (κ1) is 22.8. The summed E-state index contributed by atoms with van der Waals surface area (Å²) in [5.74, 6) is -0.376. The van der Waals surface area contributed by atoms with Crippen molar-refractivity contribution in [2.24, 2.45) is 5.16 Å². The summed E-state index contributed by atoms with van der Waals surface area (Å²) < 4.78 is 4.95. The number of rotatable bonds is 5. The molecule has 0 spiro atoms. The number of fused-ring (bicyclic) bond motifs is 1. The molecule has 0 unspecified atom stereocenters. The second kappa shape index (κ2) is 8.70. The SMILES string of the molecule is CCOC(=O)/C=C/c1cccc(/C(=N/O)c2cc3c(cc2C)C(C)(C)CCC3(C)C)c1. The van der Waals surface area contributed by atoms with Crippen LogP contribution >= 0.6 is 0 Å². The molecule has 1 aliphatic carbocycles. The van der Waals surface area contributed by atoms with Crippen LogP contribution in [-0.4, -0.2) is 23.5 Å². The van der Waals surface area contributed by atoms with Gasteiger partial charge in [0.15, 0.2) is 0 Å². The summed E-state index contributed by atoms with van der Waals surface area (Å²) in [7, 11) is 0. The van der Waals surface area contributed by atoms with E-state index in [2.05, 4.69) is 51.9 Å². The fourth-order valence-corrected chi connectivity index (χ4v) is 4.39. The van der Waals surface area contributed by atoms with Gasteiger partial charge >= 0.3 is 5.97 Å². The summed E-state index contributed by atoms with van der Waals surface area (Å²) >= 11 is 0. The largest absolute Gasteiger partial charge is 0.463 e. The Balaban J connectivity index is 2.05. The normalized spacial score (nSPS) is 17.4. The van der Waals surface area contributed by atoms with Gasteiger partial charge in [0.1, 0.15) is 5.71 Å². The summed E-state index contributed by atoms with van der Waals surface area (Å²) in [5, 5.41) is 13.7. The second-order valence-corrected chi connectivity index (χ2v) is 9.64. The molecule has 4 nitrogen and oxygen atoms in total. The van der Waals surface area contributed by atoms with E-state index >= 15 is 0 Å². The smallest absolute Gasteiger partial charge is 0.330 e. The predicted molar refractivity (Wildman–Crippen MR) is 126 cm³/mol. The maximum atomic E-state index is 11.6. The van der Waals surface area contributed by atoms with Crippen LogP contribution < -0.4 is 0 Å². The lowest BCUT2D eigenvalue weighted by atomic mass is 9.62. The maximum absolute atomic E-state index is 11.6. The van der Waals surface area contributed by atoms with Crippen LogP contribution in [0.4, 0.5) is 0 Å². The highest BCUT2D eigenvalue weighted by Crippen LogP contribution is 2.46. The summed E-state index contributed by atoms with van der Waals surface area (Å²) in [4.78, 5) is 11.6. The number of hydrogen-bond donors (Lipinski definition) is 1. The van der Waals surface area contributed by atoms with E-state index in [1.165, 1.54) is 17.2 Å². The van der Waals surface area contributed by atoms with Gasteiger partial charge in [0.25, 0.3) is 0 Å². The zero-order chi connectivity index (χ0) is 22.8. The molecule has 4 heteroatoms. The molecule has 0 saturated carbocycles. The van der Waals surface area contributed by atoms with Gasteiger partial charge in [0.05, 0.1) is 6.61 Å². The van der Waals surface area contributed by atoms with Crippen LogP contribution in [0.5, 0.6) is 0 Å². The highest BCUT2D eigenvalue weighted by Gasteiger charge is 2.37. The third-order valence-corrected chi connectivity index (χ3v) is 6.41. The molecule has 0 aromatic heterocycles. The Morgan fingerprint density at radius 3 is 2.35 bits per heavy atom. The van der Waals surface area contributed by atoms with Crippen molar-refractivity contribution in [3.05, 3.63) is 75.9 Å². The minimum atomic E-state index is -0.376. The van der Waals surface area contributed by atoms with E-state index in [1.807, 2.05) is 24.3 Å². The van der Waals surface area contributed by atoms with Crippen molar-refractivity contribution in [3.8, 4) is 0 Å². The Morgan fingerprint density at radius 2 is 1.74 bits per heavy atom. The highest BCUT2D eigenvalue weighted by atomic mass is 16.5. The van der Waals surface area contributed by atoms with Gasteiger partial charge in [0.2, 0.25) is 0 Å². The number of oxime groups is 1. The molecule has 0 amide bonds. The number of carbonyl (C=O) groups excluding carboxylic acids is 1. The molecule has 0 bridgehead atoms. The maximum Gasteiger partial charge on any atom is 0.330 e. The number of nitrogens with zero attached hydrogens (tertiary/aromatic N) is 1. The molecule has 0 aliphatic heterocycles. The van der Waals surface area contributed by atoms with E-state index in [0.29, 0.717) is 12.3 Å². The molecule has 31 heavy (non-hydrogen) atoms. The van der Waals surface area contributed by atoms with Crippen molar-refractivity contribution in [2.45, 2.75) is 65.2 Å². The zero-order valence-corrected chi connectivity index (χ0v) is 19.5. The van der Waals surface area contributed by atoms with Gasteiger partial charge in [-0.25, -0.2) is 4.79 Å². The monoisotopic (exact) mass is 419 g/mol. The molecule has 0 fully saturated rings. The highest BCUT2D eigenvalue weighted by molar-refractivity contribution is 6.13. The van der Waals surface area contributed by atoms with Crippen molar-refractivity contribution < 1.29 is 14.7 Å². The topological polar surface area (TPSA) is 58.9 Å². The molecule has 2 aromatic rings. The van der Waals surface area contributed by atoms with Crippen LogP contribution in [0.15, 0.2) is 47.6 Å². The van der Waals surface area contributed by atoms with Crippen LogP contribution in [0.25, 0.3) is 6.08 Å². The van der Waals surface area contributed by atoms with Crippen molar-refractivity contribution in [1.29, 1.82) is 0 Å².